The summed E-state index contributed by atoms with van der Waals surface area (Å²) in [6.07, 6.45) is 2.80. The van der Waals surface area contributed by atoms with Gasteiger partial charge in [-0.15, -0.1) is 0 Å². The van der Waals surface area contributed by atoms with Crippen molar-refractivity contribution in [2.45, 2.75) is 19.9 Å². The highest BCUT2D eigenvalue weighted by Gasteiger charge is 2.13. The molecule has 2 heterocycles. The Bertz CT molecular complexity index is 777. The van der Waals surface area contributed by atoms with Crippen LogP contribution in [0.5, 0.6) is 5.75 Å². The predicted molar refractivity (Wildman–Crippen MR) is 83.6 cm³/mol. The molecule has 3 aromatic rings. The van der Waals surface area contributed by atoms with E-state index < -0.39 is 0 Å². The first kappa shape index (κ1) is 13.6. The number of benzene rings is 1. The summed E-state index contributed by atoms with van der Waals surface area (Å²) in [5.74, 6) is 0.883. The highest BCUT2D eigenvalue weighted by Crippen LogP contribution is 2.23. The second-order valence-electron chi connectivity index (χ2n) is 5.13. The number of imidazole rings is 1. The van der Waals surface area contributed by atoms with Gasteiger partial charge in [-0.2, -0.15) is 0 Å². The van der Waals surface area contributed by atoms with Gasteiger partial charge < -0.3 is 14.9 Å². The van der Waals surface area contributed by atoms with Gasteiger partial charge in [0, 0.05) is 24.7 Å². The maximum atomic E-state index is 5.94. The number of rotatable bonds is 4. The van der Waals surface area contributed by atoms with Gasteiger partial charge >= 0.3 is 0 Å². The van der Waals surface area contributed by atoms with Crippen molar-refractivity contribution >= 4 is 5.65 Å². The number of aromatic nitrogens is 2. The number of hydrogen-bond donors (Lipinski definition) is 1. The lowest BCUT2D eigenvalue weighted by Gasteiger charge is -2.08. The molecule has 0 atom stereocenters. The third kappa shape index (κ3) is 2.50. The molecule has 0 aliphatic rings. The minimum atomic E-state index is 0.467. The van der Waals surface area contributed by atoms with E-state index in [9.17, 15) is 0 Å². The Morgan fingerprint density at radius 3 is 2.76 bits per heavy atom. The maximum Gasteiger partial charge on any atom is 0.137 e. The average Bonchev–Trinajstić information content (AvgIpc) is 2.84. The van der Waals surface area contributed by atoms with Crippen LogP contribution in [-0.2, 0) is 13.0 Å². The lowest BCUT2D eigenvalue weighted by molar-refractivity contribution is 0.410. The summed E-state index contributed by atoms with van der Waals surface area (Å²) in [5.41, 5.74) is 11.3. The van der Waals surface area contributed by atoms with E-state index in [4.69, 9.17) is 15.5 Å². The molecule has 0 aliphatic heterocycles. The van der Waals surface area contributed by atoms with Crippen LogP contribution in [0.15, 0.2) is 42.6 Å². The van der Waals surface area contributed by atoms with E-state index in [-0.39, 0.29) is 0 Å². The van der Waals surface area contributed by atoms with E-state index >= 15 is 0 Å². The number of fused-ring (bicyclic) bond motifs is 1. The fraction of sp³-hybridized carbons (Fsp3) is 0.235. The molecule has 0 aliphatic carbocycles. The summed E-state index contributed by atoms with van der Waals surface area (Å²) < 4.78 is 7.50. The molecule has 2 aromatic heterocycles. The minimum absolute atomic E-state index is 0.467. The number of ether oxygens (including phenoxy) is 1. The highest BCUT2D eigenvalue weighted by molar-refractivity contribution is 5.47. The van der Waals surface area contributed by atoms with Crippen molar-refractivity contribution in [1.82, 2.24) is 9.38 Å². The van der Waals surface area contributed by atoms with Crippen LogP contribution in [0.4, 0.5) is 0 Å². The van der Waals surface area contributed by atoms with Crippen LogP contribution in [0.3, 0.4) is 0 Å². The van der Waals surface area contributed by atoms with Crippen LogP contribution in [0.1, 0.15) is 22.5 Å². The second-order valence-corrected chi connectivity index (χ2v) is 5.13. The van der Waals surface area contributed by atoms with E-state index in [0.29, 0.717) is 6.54 Å². The number of methoxy groups -OCH3 is 1. The van der Waals surface area contributed by atoms with Gasteiger partial charge in [-0.25, -0.2) is 4.98 Å². The summed E-state index contributed by atoms with van der Waals surface area (Å²) in [5, 5.41) is 0. The molecule has 108 valence electrons. The first-order valence-electron chi connectivity index (χ1n) is 7.01. The Morgan fingerprint density at radius 1 is 1.19 bits per heavy atom. The van der Waals surface area contributed by atoms with Gasteiger partial charge in [-0.3, -0.25) is 0 Å². The molecular weight excluding hydrogens is 262 g/mol. The molecule has 3 rings (SSSR count). The van der Waals surface area contributed by atoms with Crippen molar-refractivity contribution in [2.24, 2.45) is 5.73 Å². The van der Waals surface area contributed by atoms with Crippen LogP contribution in [0, 0.1) is 6.92 Å². The van der Waals surface area contributed by atoms with Crippen LogP contribution < -0.4 is 10.5 Å². The highest BCUT2D eigenvalue weighted by atomic mass is 16.5. The standard InChI is InChI=1S/C17H19N3O/c1-12-7-8-17-19-14(15(10-18)20(17)11-12)9-13-5-3-4-6-16(13)21-2/h3-8,11H,9-10,18H2,1-2H3. The Kier molecular flexibility index (Phi) is 3.62. The molecule has 0 bridgehead atoms. The number of nitrogens with zero attached hydrogens (tertiary/aromatic N) is 2. The van der Waals surface area contributed by atoms with Crippen molar-refractivity contribution in [3.8, 4) is 5.75 Å². The lowest BCUT2D eigenvalue weighted by atomic mass is 10.1. The lowest BCUT2D eigenvalue weighted by Crippen LogP contribution is -2.05. The Hall–Kier alpha value is -2.33. The Labute approximate surface area is 124 Å². The van der Waals surface area contributed by atoms with Crippen molar-refractivity contribution in [3.05, 3.63) is 65.1 Å². The number of nitrogens with two attached hydrogens (primary N) is 1. The number of para-hydroxylation sites is 1. The molecule has 0 saturated carbocycles. The minimum Gasteiger partial charge on any atom is -0.496 e. The summed E-state index contributed by atoms with van der Waals surface area (Å²) in [6.45, 7) is 2.54. The van der Waals surface area contributed by atoms with Gasteiger partial charge in [0.15, 0.2) is 0 Å². The van der Waals surface area contributed by atoms with E-state index in [1.165, 1.54) is 5.56 Å². The molecule has 0 radical (unpaired) electrons. The molecular formula is C17H19N3O. The van der Waals surface area contributed by atoms with Crippen LogP contribution >= 0.6 is 0 Å². The quantitative estimate of drug-likeness (QED) is 0.800. The summed E-state index contributed by atoms with van der Waals surface area (Å²) in [7, 11) is 1.69. The third-order valence-corrected chi connectivity index (χ3v) is 3.69. The van der Waals surface area contributed by atoms with Crippen molar-refractivity contribution in [1.29, 1.82) is 0 Å². The SMILES string of the molecule is COc1ccccc1Cc1nc2ccc(C)cn2c1CN. The fourth-order valence-electron chi connectivity index (χ4n) is 2.64. The molecule has 4 nitrogen and oxygen atoms in total. The predicted octanol–water partition coefficient (Wildman–Crippen LogP) is 2.70. The van der Waals surface area contributed by atoms with Gasteiger partial charge in [-0.1, -0.05) is 24.3 Å². The molecule has 4 heteroatoms. The normalized spacial score (nSPS) is 11.0. The summed E-state index contributed by atoms with van der Waals surface area (Å²) >= 11 is 0. The fourth-order valence-corrected chi connectivity index (χ4v) is 2.64. The molecule has 2 N–H and O–H groups in total. The molecule has 0 fully saturated rings. The van der Waals surface area contributed by atoms with Crippen LogP contribution in [0.25, 0.3) is 5.65 Å². The zero-order valence-corrected chi connectivity index (χ0v) is 12.3. The first-order valence-corrected chi connectivity index (χ1v) is 7.01. The van der Waals surface area contributed by atoms with E-state index in [2.05, 4.69) is 29.7 Å². The van der Waals surface area contributed by atoms with Crippen molar-refractivity contribution in [2.75, 3.05) is 7.11 Å². The van der Waals surface area contributed by atoms with E-state index in [1.807, 2.05) is 24.3 Å². The zero-order chi connectivity index (χ0) is 14.8. The number of aryl methyl sites for hydroxylation is 1. The molecule has 0 spiro atoms. The average molecular weight is 281 g/mol. The monoisotopic (exact) mass is 281 g/mol. The molecule has 1 aromatic carbocycles. The summed E-state index contributed by atoms with van der Waals surface area (Å²) in [6, 6.07) is 12.1. The van der Waals surface area contributed by atoms with Crippen LogP contribution in [0.2, 0.25) is 0 Å². The number of hydrogen-bond acceptors (Lipinski definition) is 3. The van der Waals surface area contributed by atoms with Gasteiger partial charge in [-0.05, 0) is 24.6 Å². The van der Waals surface area contributed by atoms with E-state index in [0.717, 1.165) is 34.8 Å². The van der Waals surface area contributed by atoms with Gasteiger partial charge in [0.1, 0.15) is 11.4 Å². The van der Waals surface area contributed by atoms with Crippen molar-refractivity contribution < 1.29 is 4.74 Å². The van der Waals surface area contributed by atoms with E-state index in [1.54, 1.807) is 7.11 Å². The second kappa shape index (κ2) is 5.58. The van der Waals surface area contributed by atoms with Gasteiger partial charge in [0.25, 0.3) is 0 Å². The number of pyridine rings is 1. The maximum absolute atomic E-state index is 5.94. The Balaban J connectivity index is 2.08. The van der Waals surface area contributed by atoms with Crippen molar-refractivity contribution in [3.63, 3.8) is 0 Å². The summed E-state index contributed by atoms with van der Waals surface area (Å²) in [4.78, 5) is 4.72. The largest absolute Gasteiger partial charge is 0.496 e. The molecule has 0 unspecified atom stereocenters. The first-order chi connectivity index (χ1) is 10.2. The molecule has 0 amide bonds. The molecule has 21 heavy (non-hydrogen) atoms. The topological polar surface area (TPSA) is 52.5 Å². The smallest absolute Gasteiger partial charge is 0.137 e. The van der Waals surface area contributed by atoms with Gasteiger partial charge in [0.2, 0.25) is 0 Å². The Morgan fingerprint density at radius 2 is 2.00 bits per heavy atom. The zero-order valence-electron chi connectivity index (χ0n) is 12.3. The van der Waals surface area contributed by atoms with Crippen LogP contribution in [-0.4, -0.2) is 16.5 Å². The molecule has 0 saturated heterocycles. The van der Waals surface area contributed by atoms with Gasteiger partial charge in [0.05, 0.1) is 18.5 Å². The third-order valence-electron chi connectivity index (χ3n) is 3.69.